The van der Waals surface area contributed by atoms with E-state index in [0.29, 0.717) is 11.7 Å². The zero-order valence-corrected chi connectivity index (χ0v) is 20.5. The molecule has 4 heterocycles. The van der Waals surface area contributed by atoms with Crippen molar-refractivity contribution in [1.29, 1.82) is 0 Å². The zero-order valence-electron chi connectivity index (χ0n) is 20.5. The Balaban J connectivity index is 1.41. The van der Waals surface area contributed by atoms with E-state index >= 15 is 0 Å². The van der Waals surface area contributed by atoms with Gasteiger partial charge in [0.05, 0.1) is 11.9 Å². The maximum Gasteiger partial charge on any atom is 0.265 e. The van der Waals surface area contributed by atoms with Crippen LogP contribution in [-0.2, 0) is 4.79 Å². The van der Waals surface area contributed by atoms with Crippen molar-refractivity contribution in [2.24, 2.45) is 0 Å². The highest BCUT2D eigenvalue weighted by atomic mass is 19.1. The number of benzene rings is 1. The summed E-state index contributed by atoms with van der Waals surface area (Å²) >= 11 is 0. The number of carbonyl (C=O) groups excluding carboxylic acids is 1. The second-order valence-electron chi connectivity index (χ2n) is 9.52. The molecule has 1 amide bonds. The Kier molecular flexibility index (Phi) is 6.53. The molecular formula is C26H28F2N6O2. The van der Waals surface area contributed by atoms with Gasteiger partial charge in [-0.2, -0.15) is 0 Å². The van der Waals surface area contributed by atoms with Gasteiger partial charge in [0.25, 0.3) is 5.91 Å². The SMILES string of the molecule is CC(C)N1C(=O)COc2c(F)cc(-c3nc(Nc4ccc(C5CCN(C)CC5)cn4)ncc3F)cc21. The third kappa shape index (κ3) is 4.73. The van der Waals surface area contributed by atoms with Gasteiger partial charge in [-0.25, -0.2) is 23.7 Å². The number of piperidine rings is 1. The van der Waals surface area contributed by atoms with E-state index in [1.54, 1.807) is 0 Å². The molecule has 2 aromatic heterocycles. The number of amides is 1. The fourth-order valence-electron chi connectivity index (χ4n) is 4.75. The monoisotopic (exact) mass is 494 g/mol. The smallest absolute Gasteiger partial charge is 0.265 e. The standard InChI is InChI=1S/C26H28F2N6O2/c1-15(2)34-21-11-18(10-19(27)25(21)36-14-23(34)35)24-20(28)13-30-26(32-24)31-22-5-4-17(12-29-22)16-6-8-33(3)9-7-16/h4-5,10-13,15-16H,6-9,14H2,1-3H3,(H,29,30,31,32). The molecule has 2 aliphatic heterocycles. The molecule has 2 aliphatic rings. The number of hydrogen-bond donors (Lipinski definition) is 1. The van der Waals surface area contributed by atoms with Crippen LogP contribution in [0.15, 0.2) is 36.7 Å². The van der Waals surface area contributed by atoms with Crippen LogP contribution in [0.1, 0.15) is 38.2 Å². The number of pyridine rings is 1. The van der Waals surface area contributed by atoms with Crippen LogP contribution >= 0.6 is 0 Å². The largest absolute Gasteiger partial charge is 0.478 e. The number of halogens is 2. The van der Waals surface area contributed by atoms with Gasteiger partial charge in [-0.15, -0.1) is 0 Å². The third-order valence-corrected chi connectivity index (χ3v) is 6.64. The minimum Gasteiger partial charge on any atom is -0.478 e. The molecule has 1 N–H and O–H groups in total. The second kappa shape index (κ2) is 9.77. The first kappa shape index (κ1) is 24.1. The Bertz CT molecular complexity index is 1280. The molecule has 3 aromatic rings. The molecule has 8 nitrogen and oxygen atoms in total. The van der Waals surface area contributed by atoms with Gasteiger partial charge in [0.2, 0.25) is 5.95 Å². The molecule has 0 bridgehead atoms. The molecule has 1 saturated heterocycles. The molecule has 5 rings (SSSR count). The first-order valence-electron chi connectivity index (χ1n) is 12.0. The van der Waals surface area contributed by atoms with Gasteiger partial charge in [-0.1, -0.05) is 6.07 Å². The maximum absolute atomic E-state index is 14.9. The quantitative estimate of drug-likeness (QED) is 0.559. The lowest BCUT2D eigenvalue weighted by atomic mass is 9.91. The topological polar surface area (TPSA) is 83.5 Å². The lowest BCUT2D eigenvalue weighted by Crippen LogP contribution is -2.43. The van der Waals surface area contributed by atoms with Crippen LogP contribution in [0.3, 0.4) is 0 Å². The summed E-state index contributed by atoms with van der Waals surface area (Å²) in [4.78, 5) is 28.9. The number of carbonyl (C=O) groups is 1. The summed E-state index contributed by atoms with van der Waals surface area (Å²) < 4.78 is 35.0. The highest BCUT2D eigenvalue weighted by Gasteiger charge is 2.31. The number of nitrogens with one attached hydrogen (secondary N) is 1. The maximum atomic E-state index is 14.9. The average molecular weight is 495 g/mol. The molecule has 36 heavy (non-hydrogen) atoms. The van der Waals surface area contributed by atoms with E-state index in [-0.39, 0.29) is 47.2 Å². The first-order chi connectivity index (χ1) is 17.3. The van der Waals surface area contributed by atoms with Crippen LogP contribution in [0, 0.1) is 11.6 Å². The fourth-order valence-corrected chi connectivity index (χ4v) is 4.75. The summed E-state index contributed by atoms with van der Waals surface area (Å²) in [5.74, 6) is -0.619. The molecule has 0 atom stereocenters. The van der Waals surface area contributed by atoms with E-state index in [0.717, 1.165) is 38.2 Å². The van der Waals surface area contributed by atoms with Crippen molar-refractivity contribution in [3.05, 3.63) is 53.9 Å². The molecule has 0 radical (unpaired) electrons. The summed E-state index contributed by atoms with van der Waals surface area (Å²) in [6, 6.07) is 6.32. The number of ether oxygens (including phenoxy) is 1. The number of fused-ring (bicyclic) bond motifs is 1. The summed E-state index contributed by atoms with van der Waals surface area (Å²) in [6.45, 7) is 5.51. The van der Waals surface area contributed by atoms with Crippen LogP contribution in [0.4, 0.5) is 26.2 Å². The summed E-state index contributed by atoms with van der Waals surface area (Å²) in [6.07, 6.45) is 5.06. The van der Waals surface area contributed by atoms with Gasteiger partial charge in [0.1, 0.15) is 11.5 Å². The van der Waals surface area contributed by atoms with E-state index in [2.05, 4.69) is 32.2 Å². The van der Waals surface area contributed by atoms with E-state index in [9.17, 15) is 13.6 Å². The highest BCUT2D eigenvalue weighted by molar-refractivity contribution is 5.99. The molecule has 0 spiro atoms. The van der Waals surface area contributed by atoms with Crippen molar-refractivity contribution in [3.8, 4) is 17.0 Å². The molecule has 1 aromatic carbocycles. The number of likely N-dealkylation sites (tertiary alicyclic amines) is 1. The van der Waals surface area contributed by atoms with Crippen LogP contribution in [0.2, 0.25) is 0 Å². The normalized spacial score (nSPS) is 16.7. The van der Waals surface area contributed by atoms with Crippen molar-refractivity contribution in [1.82, 2.24) is 19.9 Å². The fraction of sp³-hybridized carbons (Fsp3) is 0.385. The summed E-state index contributed by atoms with van der Waals surface area (Å²) in [7, 11) is 2.13. The van der Waals surface area contributed by atoms with Gasteiger partial charge < -0.3 is 19.9 Å². The van der Waals surface area contributed by atoms with E-state index in [1.807, 2.05) is 32.2 Å². The minimum atomic E-state index is -0.718. The summed E-state index contributed by atoms with van der Waals surface area (Å²) in [5.41, 5.74) is 1.50. The van der Waals surface area contributed by atoms with Crippen molar-refractivity contribution < 1.29 is 18.3 Å². The van der Waals surface area contributed by atoms with Gasteiger partial charge in [-0.3, -0.25) is 4.79 Å². The number of rotatable bonds is 5. The number of nitrogens with zero attached hydrogens (tertiary/aromatic N) is 5. The Hall–Kier alpha value is -3.66. The van der Waals surface area contributed by atoms with Gasteiger partial charge in [0.15, 0.2) is 24.0 Å². The number of aromatic nitrogens is 3. The Morgan fingerprint density at radius 3 is 2.56 bits per heavy atom. The number of hydrogen-bond acceptors (Lipinski definition) is 7. The predicted molar refractivity (Wildman–Crippen MR) is 132 cm³/mol. The molecule has 10 heteroatoms. The molecule has 1 fully saturated rings. The molecule has 0 unspecified atom stereocenters. The average Bonchev–Trinajstić information content (AvgIpc) is 2.85. The van der Waals surface area contributed by atoms with E-state index < -0.39 is 11.6 Å². The van der Waals surface area contributed by atoms with Crippen molar-refractivity contribution in [3.63, 3.8) is 0 Å². The molecule has 0 aliphatic carbocycles. The molecule has 0 saturated carbocycles. The van der Waals surface area contributed by atoms with Crippen LogP contribution in [0.25, 0.3) is 11.3 Å². The van der Waals surface area contributed by atoms with Crippen molar-refractivity contribution in [2.75, 3.05) is 37.0 Å². The van der Waals surface area contributed by atoms with Crippen LogP contribution in [0.5, 0.6) is 5.75 Å². The Labute approximate surface area is 208 Å². The lowest BCUT2D eigenvalue weighted by molar-refractivity contribution is -0.121. The van der Waals surface area contributed by atoms with Crippen molar-refractivity contribution in [2.45, 2.75) is 38.6 Å². The Morgan fingerprint density at radius 2 is 1.86 bits per heavy atom. The highest BCUT2D eigenvalue weighted by Crippen LogP contribution is 2.39. The zero-order chi connectivity index (χ0) is 25.4. The minimum absolute atomic E-state index is 0.0336. The predicted octanol–water partition coefficient (Wildman–Crippen LogP) is 4.50. The van der Waals surface area contributed by atoms with Gasteiger partial charge in [0, 0.05) is 17.8 Å². The van der Waals surface area contributed by atoms with Crippen LogP contribution < -0.4 is 15.0 Å². The van der Waals surface area contributed by atoms with E-state index in [4.69, 9.17) is 4.74 Å². The first-order valence-corrected chi connectivity index (χ1v) is 12.0. The van der Waals surface area contributed by atoms with Crippen molar-refractivity contribution >= 4 is 23.4 Å². The van der Waals surface area contributed by atoms with Gasteiger partial charge in [-0.05, 0) is 76.5 Å². The third-order valence-electron chi connectivity index (χ3n) is 6.64. The molecule has 188 valence electrons. The van der Waals surface area contributed by atoms with Crippen LogP contribution in [-0.4, -0.2) is 58.5 Å². The number of anilines is 3. The molecular weight excluding hydrogens is 466 g/mol. The lowest BCUT2D eigenvalue weighted by Gasteiger charge is -2.33. The van der Waals surface area contributed by atoms with Gasteiger partial charge >= 0.3 is 0 Å². The Morgan fingerprint density at radius 1 is 1.08 bits per heavy atom. The van der Waals surface area contributed by atoms with E-state index in [1.165, 1.54) is 16.5 Å². The second-order valence-corrected chi connectivity index (χ2v) is 9.52. The summed E-state index contributed by atoms with van der Waals surface area (Å²) in [5, 5.41) is 3.00.